The monoisotopic (exact) mass is 301 g/mol. The zero-order valence-electron chi connectivity index (χ0n) is 11.7. The van der Waals surface area contributed by atoms with Crippen molar-refractivity contribution in [1.82, 2.24) is 0 Å². The number of nitrogens with one attached hydrogen (secondary N) is 1. The van der Waals surface area contributed by atoms with Gasteiger partial charge >= 0.3 is 0 Å². The maximum Gasteiger partial charge on any atom is 0.261 e. The number of sulfonamides is 1. The number of nitriles is 1. The average molecular weight is 301 g/mol. The summed E-state index contributed by atoms with van der Waals surface area (Å²) in [5.41, 5.74) is 1.81. The van der Waals surface area contributed by atoms with E-state index < -0.39 is 10.0 Å². The summed E-state index contributed by atoms with van der Waals surface area (Å²) in [4.78, 5) is 2.01. The summed E-state index contributed by atoms with van der Waals surface area (Å²) < 4.78 is 27.1. The van der Waals surface area contributed by atoms with Crippen molar-refractivity contribution in [1.29, 1.82) is 5.26 Å². The third kappa shape index (κ3) is 3.52. The summed E-state index contributed by atoms with van der Waals surface area (Å²) in [7, 11) is 0.108. The van der Waals surface area contributed by atoms with Crippen LogP contribution in [0.3, 0.4) is 0 Å². The molecule has 0 aliphatic heterocycles. The van der Waals surface area contributed by atoms with Gasteiger partial charge in [-0.05, 0) is 42.5 Å². The lowest BCUT2D eigenvalue weighted by atomic mass is 10.2. The maximum absolute atomic E-state index is 12.3. The first-order valence-electron chi connectivity index (χ1n) is 6.23. The van der Waals surface area contributed by atoms with E-state index >= 15 is 0 Å². The highest BCUT2D eigenvalue weighted by molar-refractivity contribution is 7.92. The van der Waals surface area contributed by atoms with Crippen LogP contribution >= 0.6 is 0 Å². The molecule has 0 aromatic heterocycles. The standard InChI is InChI=1S/C15H15N3O2S/c1-18(2)14-5-3-4-13(10-14)17-21(19,20)15-8-6-12(11-16)7-9-15/h3-10,17H,1-2H3. The smallest absolute Gasteiger partial charge is 0.261 e. The van der Waals surface area contributed by atoms with Crippen molar-refractivity contribution in [2.45, 2.75) is 4.90 Å². The fourth-order valence-electron chi connectivity index (χ4n) is 1.77. The first kappa shape index (κ1) is 14.9. The normalized spacial score (nSPS) is 10.7. The lowest BCUT2D eigenvalue weighted by Crippen LogP contribution is -2.14. The van der Waals surface area contributed by atoms with E-state index in [2.05, 4.69) is 4.72 Å². The Kier molecular flexibility index (Phi) is 4.15. The van der Waals surface area contributed by atoms with Crippen LogP contribution in [0.25, 0.3) is 0 Å². The Morgan fingerprint density at radius 1 is 1.10 bits per heavy atom. The molecule has 0 atom stereocenters. The van der Waals surface area contributed by atoms with Gasteiger partial charge in [-0.15, -0.1) is 0 Å². The summed E-state index contributed by atoms with van der Waals surface area (Å²) in [6, 6.07) is 14.8. The van der Waals surface area contributed by atoms with Crippen LogP contribution < -0.4 is 9.62 Å². The number of benzene rings is 2. The molecule has 0 fully saturated rings. The molecule has 0 radical (unpaired) electrons. The van der Waals surface area contributed by atoms with Gasteiger partial charge in [0.25, 0.3) is 10.0 Å². The van der Waals surface area contributed by atoms with E-state index in [4.69, 9.17) is 5.26 Å². The van der Waals surface area contributed by atoms with E-state index in [0.717, 1.165) is 5.69 Å². The highest BCUT2D eigenvalue weighted by Crippen LogP contribution is 2.21. The number of nitrogens with zero attached hydrogens (tertiary/aromatic N) is 2. The summed E-state index contributed by atoms with van der Waals surface area (Å²) in [5, 5.41) is 8.73. The second-order valence-corrected chi connectivity index (χ2v) is 6.37. The summed E-state index contributed by atoms with van der Waals surface area (Å²) in [6.07, 6.45) is 0. The van der Waals surface area contributed by atoms with Gasteiger partial charge < -0.3 is 4.90 Å². The quantitative estimate of drug-likeness (QED) is 0.941. The van der Waals surface area contributed by atoms with Gasteiger partial charge in [-0.2, -0.15) is 5.26 Å². The molecule has 0 heterocycles. The third-order valence-electron chi connectivity index (χ3n) is 2.91. The Balaban J connectivity index is 2.28. The zero-order valence-corrected chi connectivity index (χ0v) is 12.6. The van der Waals surface area contributed by atoms with Gasteiger partial charge in [0.1, 0.15) is 0 Å². The van der Waals surface area contributed by atoms with E-state index in [9.17, 15) is 8.42 Å². The highest BCUT2D eigenvalue weighted by atomic mass is 32.2. The maximum atomic E-state index is 12.3. The molecule has 6 heteroatoms. The predicted molar refractivity (Wildman–Crippen MR) is 82.7 cm³/mol. The Labute approximate surface area is 124 Å². The van der Waals surface area contributed by atoms with Gasteiger partial charge in [-0.25, -0.2) is 8.42 Å². The predicted octanol–water partition coefficient (Wildman–Crippen LogP) is 2.43. The minimum Gasteiger partial charge on any atom is -0.378 e. The van der Waals surface area contributed by atoms with Crippen LogP contribution in [-0.4, -0.2) is 22.5 Å². The first-order valence-corrected chi connectivity index (χ1v) is 7.71. The van der Waals surface area contributed by atoms with Crippen LogP contribution in [0.2, 0.25) is 0 Å². The molecule has 0 bridgehead atoms. The fourth-order valence-corrected chi connectivity index (χ4v) is 2.82. The SMILES string of the molecule is CN(C)c1cccc(NS(=O)(=O)c2ccc(C#N)cc2)c1. The fraction of sp³-hybridized carbons (Fsp3) is 0.133. The van der Waals surface area contributed by atoms with Gasteiger partial charge in [0.05, 0.1) is 22.2 Å². The second-order valence-electron chi connectivity index (χ2n) is 4.69. The van der Waals surface area contributed by atoms with E-state index in [1.54, 1.807) is 18.2 Å². The number of rotatable bonds is 4. The Morgan fingerprint density at radius 2 is 1.76 bits per heavy atom. The molecular formula is C15H15N3O2S. The molecule has 0 spiro atoms. The molecule has 2 rings (SSSR count). The van der Waals surface area contributed by atoms with Crippen LogP contribution in [-0.2, 0) is 10.0 Å². The molecule has 0 saturated carbocycles. The topological polar surface area (TPSA) is 73.2 Å². The summed E-state index contributed by atoms with van der Waals surface area (Å²) in [5.74, 6) is 0. The summed E-state index contributed by atoms with van der Waals surface area (Å²) >= 11 is 0. The first-order chi connectivity index (χ1) is 9.92. The molecule has 21 heavy (non-hydrogen) atoms. The van der Waals surface area contributed by atoms with Gasteiger partial charge in [0, 0.05) is 19.8 Å². The molecule has 2 aromatic carbocycles. The average Bonchev–Trinajstić information content (AvgIpc) is 2.47. The molecule has 2 aromatic rings. The van der Waals surface area contributed by atoms with Crippen molar-refractivity contribution in [3.8, 4) is 6.07 Å². The van der Waals surface area contributed by atoms with Crippen molar-refractivity contribution >= 4 is 21.4 Å². The molecule has 108 valence electrons. The zero-order chi connectivity index (χ0) is 15.5. The number of anilines is 2. The molecule has 0 aliphatic carbocycles. The molecular weight excluding hydrogens is 286 g/mol. The molecule has 5 nitrogen and oxygen atoms in total. The Bertz CT molecular complexity index is 775. The molecule has 0 unspecified atom stereocenters. The summed E-state index contributed by atoms with van der Waals surface area (Å²) in [6.45, 7) is 0. The van der Waals surface area contributed by atoms with Crippen molar-refractivity contribution in [3.63, 3.8) is 0 Å². The van der Waals surface area contributed by atoms with Crippen molar-refractivity contribution in [2.24, 2.45) is 0 Å². The van der Waals surface area contributed by atoms with Crippen molar-refractivity contribution in [2.75, 3.05) is 23.7 Å². The van der Waals surface area contributed by atoms with Gasteiger partial charge in [0.15, 0.2) is 0 Å². The highest BCUT2D eigenvalue weighted by Gasteiger charge is 2.14. The molecule has 0 amide bonds. The van der Waals surface area contributed by atoms with Crippen LogP contribution in [0.4, 0.5) is 11.4 Å². The molecule has 0 aliphatic rings. The lowest BCUT2D eigenvalue weighted by molar-refractivity contribution is 0.601. The van der Waals surface area contributed by atoms with Gasteiger partial charge in [-0.3, -0.25) is 4.72 Å². The Hall–Kier alpha value is -2.52. The Morgan fingerprint density at radius 3 is 2.33 bits per heavy atom. The third-order valence-corrected chi connectivity index (χ3v) is 4.31. The van der Waals surface area contributed by atoms with Crippen molar-refractivity contribution < 1.29 is 8.42 Å². The van der Waals surface area contributed by atoms with Gasteiger partial charge in [-0.1, -0.05) is 6.07 Å². The van der Waals surface area contributed by atoms with Crippen LogP contribution in [0, 0.1) is 11.3 Å². The second kappa shape index (κ2) is 5.85. The minimum atomic E-state index is -3.66. The molecule has 1 N–H and O–H groups in total. The van der Waals surface area contributed by atoms with Gasteiger partial charge in [0.2, 0.25) is 0 Å². The van der Waals surface area contributed by atoms with E-state index in [1.165, 1.54) is 24.3 Å². The largest absolute Gasteiger partial charge is 0.378 e. The minimum absolute atomic E-state index is 0.122. The lowest BCUT2D eigenvalue weighted by Gasteiger charge is -2.14. The number of hydrogen-bond acceptors (Lipinski definition) is 4. The van der Waals surface area contributed by atoms with Crippen molar-refractivity contribution in [3.05, 3.63) is 54.1 Å². The van der Waals surface area contributed by atoms with E-state index in [1.807, 2.05) is 31.1 Å². The van der Waals surface area contributed by atoms with E-state index in [-0.39, 0.29) is 4.90 Å². The van der Waals surface area contributed by atoms with Crippen LogP contribution in [0.5, 0.6) is 0 Å². The van der Waals surface area contributed by atoms with Crippen LogP contribution in [0.15, 0.2) is 53.4 Å². The number of hydrogen-bond donors (Lipinski definition) is 1. The molecule has 0 saturated heterocycles. The van der Waals surface area contributed by atoms with Crippen LogP contribution in [0.1, 0.15) is 5.56 Å². The van der Waals surface area contributed by atoms with E-state index in [0.29, 0.717) is 11.3 Å².